The van der Waals surface area contributed by atoms with Crippen molar-refractivity contribution in [3.05, 3.63) is 64.7 Å². The maximum atomic E-state index is 13.6. The SMILES string of the molecule is CCC(C)NC(=O)C(CC)N(Cc1cccc(C)c1)C(=O)CCCN(c1cc(C)ccc1C)S(C)(=O)=O. The molecule has 2 amide bonds. The number of benzene rings is 2. The normalized spacial score (nSPS) is 13.1. The molecule has 0 aliphatic carbocycles. The van der Waals surface area contributed by atoms with Gasteiger partial charge in [-0.3, -0.25) is 13.9 Å². The summed E-state index contributed by atoms with van der Waals surface area (Å²) >= 11 is 0. The van der Waals surface area contributed by atoms with Crippen LogP contribution in [0.4, 0.5) is 5.69 Å². The van der Waals surface area contributed by atoms with Gasteiger partial charge in [0.25, 0.3) is 0 Å². The molecule has 2 aromatic rings. The molecule has 0 bridgehead atoms. The molecule has 0 fully saturated rings. The van der Waals surface area contributed by atoms with E-state index in [0.29, 0.717) is 25.1 Å². The standard InChI is InChI=1S/C29H43N3O4S/c1-8-24(6)30-29(34)26(9-2)31(20-25-13-10-12-21(3)18-25)28(33)14-11-17-32(37(7,35)36)27-19-22(4)15-16-23(27)5/h10,12-13,15-16,18-19,24,26H,8-9,11,14,17,20H2,1-7H3,(H,30,34). The van der Waals surface area contributed by atoms with Crippen LogP contribution in [0.1, 0.15) is 68.7 Å². The lowest BCUT2D eigenvalue weighted by molar-refractivity contribution is -0.141. The van der Waals surface area contributed by atoms with Crippen molar-refractivity contribution in [1.82, 2.24) is 10.2 Å². The number of aryl methyl sites for hydroxylation is 3. The zero-order valence-corrected chi connectivity index (χ0v) is 24.2. The highest BCUT2D eigenvalue weighted by molar-refractivity contribution is 7.92. The Labute approximate surface area is 223 Å². The van der Waals surface area contributed by atoms with Crippen molar-refractivity contribution in [2.75, 3.05) is 17.1 Å². The minimum Gasteiger partial charge on any atom is -0.352 e. The Balaban J connectivity index is 2.26. The maximum Gasteiger partial charge on any atom is 0.243 e. The van der Waals surface area contributed by atoms with E-state index in [-0.39, 0.29) is 30.8 Å². The van der Waals surface area contributed by atoms with Crippen molar-refractivity contribution in [3.63, 3.8) is 0 Å². The summed E-state index contributed by atoms with van der Waals surface area (Å²) in [6.07, 6.45) is 2.95. The molecule has 2 aromatic carbocycles. The van der Waals surface area contributed by atoms with Crippen molar-refractivity contribution >= 4 is 27.5 Å². The Bertz CT molecular complexity index is 1180. The number of sulfonamides is 1. The molecule has 8 heteroatoms. The Kier molecular flexibility index (Phi) is 11.2. The number of carbonyl (C=O) groups is 2. The third-order valence-corrected chi connectivity index (χ3v) is 7.79. The molecule has 37 heavy (non-hydrogen) atoms. The fraction of sp³-hybridized carbons (Fsp3) is 0.517. The van der Waals surface area contributed by atoms with E-state index in [9.17, 15) is 18.0 Å². The number of rotatable bonds is 13. The highest BCUT2D eigenvalue weighted by Crippen LogP contribution is 2.25. The minimum absolute atomic E-state index is 0.0124. The van der Waals surface area contributed by atoms with E-state index in [4.69, 9.17) is 0 Å². The maximum absolute atomic E-state index is 13.6. The highest BCUT2D eigenvalue weighted by atomic mass is 32.2. The lowest BCUT2D eigenvalue weighted by Gasteiger charge is -2.32. The minimum atomic E-state index is -3.54. The Morgan fingerprint density at radius 1 is 0.973 bits per heavy atom. The molecular weight excluding hydrogens is 486 g/mol. The molecule has 0 aromatic heterocycles. The van der Waals surface area contributed by atoms with Crippen molar-refractivity contribution < 1.29 is 18.0 Å². The van der Waals surface area contributed by atoms with Gasteiger partial charge in [-0.05, 0) is 69.7 Å². The summed E-state index contributed by atoms with van der Waals surface area (Å²) in [6, 6.07) is 13.0. The van der Waals surface area contributed by atoms with Gasteiger partial charge in [-0.1, -0.05) is 55.8 Å². The van der Waals surface area contributed by atoms with Gasteiger partial charge in [0.2, 0.25) is 21.8 Å². The molecule has 0 spiro atoms. The number of amides is 2. The average molecular weight is 530 g/mol. The van der Waals surface area contributed by atoms with Gasteiger partial charge in [-0.2, -0.15) is 0 Å². The van der Waals surface area contributed by atoms with Gasteiger partial charge in [0.05, 0.1) is 11.9 Å². The number of anilines is 1. The van der Waals surface area contributed by atoms with Gasteiger partial charge in [0, 0.05) is 25.6 Å². The first-order chi connectivity index (χ1) is 17.4. The van der Waals surface area contributed by atoms with Gasteiger partial charge in [0.15, 0.2) is 0 Å². The second-order valence-corrected chi connectivity index (χ2v) is 11.9. The first-order valence-corrected chi connectivity index (χ1v) is 14.9. The summed E-state index contributed by atoms with van der Waals surface area (Å²) in [5.41, 5.74) is 4.49. The third kappa shape index (κ3) is 8.88. The second kappa shape index (κ2) is 13.6. The van der Waals surface area contributed by atoms with E-state index in [1.807, 2.05) is 84.0 Å². The topological polar surface area (TPSA) is 86.8 Å². The number of nitrogens with zero attached hydrogens (tertiary/aromatic N) is 2. The molecule has 0 heterocycles. The lowest BCUT2D eigenvalue weighted by Crippen LogP contribution is -2.50. The van der Waals surface area contributed by atoms with E-state index < -0.39 is 16.1 Å². The van der Waals surface area contributed by atoms with Crippen LogP contribution >= 0.6 is 0 Å². The number of hydrogen-bond acceptors (Lipinski definition) is 4. The van der Waals surface area contributed by atoms with Crippen molar-refractivity contribution in [1.29, 1.82) is 0 Å². The number of carbonyl (C=O) groups excluding carboxylic acids is 2. The molecule has 0 aliphatic heterocycles. The first kappa shape index (κ1) is 30.4. The summed E-state index contributed by atoms with van der Waals surface area (Å²) in [4.78, 5) is 28.3. The van der Waals surface area contributed by atoms with E-state index in [1.165, 1.54) is 10.6 Å². The van der Waals surface area contributed by atoms with Crippen LogP contribution in [0.2, 0.25) is 0 Å². The number of nitrogens with one attached hydrogen (secondary N) is 1. The van der Waals surface area contributed by atoms with Crippen LogP contribution in [0, 0.1) is 20.8 Å². The van der Waals surface area contributed by atoms with Crippen LogP contribution < -0.4 is 9.62 Å². The highest BCUT2D eigenvalue weighted by Gasteiger charge is 2.29. The Hall–Kier alpha value is -2.87. The largest absolute Gasteiger partial charge is 0.352 e. The second-order valence-electron chi connectivity index (χ2n) is 9.98. The molecule has 0 saturated carbocycles. The summed E-state index contributed by atoms with van der Waals surface area (Å²) in [5, 5.41) is 3.02. The molecule has 0 aliphatic rings. The van der Waals surface area contributed by atoms with E-state index in [2.05, 4.69) is 5.32 Å². The molecule has 204 valence electrons. The third-order valence-electron chi connectivity index (χ3n) is 6.61. The quantitative estimate of drug-likeness (QED) is 0.401. The summed E-state index contributed by atoms with van der Waals surface area (Å²) in [7, 11) is -3.54. The molecule has 0 saturated heterocycles. The van der Waals surface area contributed by atoms with Gasteiger partial charge >= 0.3 is 0 Å². The van der Waals surface area contributed by atoms with E-state index >= 15 is 0 Å². The summed E-state index contributed by atoms with van der Waals surface area (Å²) in [5.74, 6) is -0.326. The van der Waals surface area contributed by atoms with Crippen molar-refractivity contribution in [3.8, 4) is 0 Å². The molecule has 2 rings (SSSR count). The van der Waals surface area contributed by atoms with Crippen LogP contribution in [-0.2, 0) is 26.2 Å². The fourth-order valence-electron chi connectivity index (χ4n) is 4.34. The van der Waals surface area contributed by atoms with Crippen LogP contribution in [-0.4, -0.2) is 50.0 Å². The fourth-order valence-corrected chi connectivity index (χ4v) is 5.35. The summed E-state index contributed by atoms with van der Waals surface area (Å²) in [6.45, 7) is 12.2. The van der Waals surface area contributed by atoms with Crippen molar-refractivity contribution in [2.24, 2.45) is 0 Å². The summed E-state index contributed by atoms with van der Waals surface area (Å²) < 4.78 is 26.6. The predicted octanol–water partition coefficient (Wildman–Crippen LogP) is 4.88. The first-order valence-electron chi connectivity index (χ1n) is 13.1. The molecule has 2 unspecified atom stereocenters. The lowest BCUT2D eigenvalue weighted by atomic mass is 10.1. The predicted molar refractivity (Wildman–Crippen MR) is 151 cm³/mol. The van der Waals surface area contributed by atoms with Crippen LogP contribution in [0.3, 0.4) is 0 Å². The zero-order valence-electron chi connectivity index (χ0n) is 23.4. The van der Waals surface area contributed by atoms with Gasteiger partial charge in [-0.15, -0.1) is 0 Å². The zero-order chi connectivity index (χ0) is 27.8. The smallest absolute Gasteiger partial charge is 0.243 e. The molecule has 0 radical (unpaired) electrons. The van der Waals surface area contributed by atoms with Gasteiger partial charge in [-0.25, -0.2) is 8.42 Å². The van der Waals surface area contributed by atoms with Crippen LogP contribution in [0.15, 0.2) is 42.5 Å². The Morgan fingerprint density at radius 3 is 2.24 bits per heavy atom. The average Bonchev–Trinajstić information content (AvgIpc) is 2.82. The van der Waals surface area contributed by atoms with Crippen LogP contribution in [0.5, 0.6) is 0 Å². The molecule has 1 N–H and O–H groups in total. The molecule has 7 nitrogen and oxygen atoms in total. The Morgan fingerprint density at radius 2 is 1.65 bits per heavy atom. The van der Waals surface area contributed by atoms with Gasteiger partial charge in [0.1, 0.15) is 6.04 Å². The molecule has 2 atom stereocenters. The van der Waals surface area contributed by atoms with E-state index in [0.717, 1.165) is 28.7 Å². The monoisotopic (exact) mass is 529 g/mol. The van der Waals surface area contributed by atoms with E-state index in [1.54, 1.807) is 4.90 Å². The number of hydrogen-bond donors (Lipinski definition) is 1. The van der Waals surface area contributed by atoms with Crippen LogP contribution in [0.25, 0.3) is 0 Å². The molecular formula is C29H43N3O4S. The van der Waals surface area contributed by atoms with Gasteiger partial charge < -0.3 is 10.2 Å². The van der Waals surface area contributed by atoms with Crippen molar-refractivity contribution in [2.45, 2.75) is 85.9 Å².